The van der Waals surface area contributed by atoms with Gasteiger partial charge >= 0.3 is 5.82 Å². The summed E-state index contributed by atoms with van der Waals surface area (Å²) >= 11 is 24.5. The number of likely N-dealkylation sites (tertiary alicyclic amines) is 1. The molecule has 1 aliphatic heterocycles. The van der Waals surface area contributed by atoms with Crippen LogP contribution >= 0.6 is 46.4 Å². The van der Waals surface area contributed by atoms with Crippen LogP contribution in [-0.4, -0.2) is 33.4 Å². The Labute approximate surface area is 246 Å². The zero-order valence-corrected chi connectivity index (χ0v) is 23.3. The van der Waals surface area contributed by atoms with E-state index in [1.807, 2.05) is 0 Å². The van der Waals surface area contributed by atoms with Crippen molar-refractivity contribution in [1.29, 1.82) is 0 Å². The minimum atomic E-state index is -1.46. The van der Waals surface area contributed by atoms with Gasteiger partial charge in [-0.2, -0.15) is 0 Å². The lowest BCUT2D eigenvalue weighted by Gasteiger charge is -2.27. The quantitative estimate of drug-likeness (QED) is 0.240. The number of nitrogens with zero attached hydrogens (tertiary/aromatic N) is 3. The number of alkyl halides is 2. The van der Waals surface area contributed by atoms with E-state index >= 15 is 0 Å². The number of amides is 2. The van der Waals surface area contributed by atoms with E-state index in [4.69, 9.17) is 59.8 Å². The van der Waals surface area contributed by atoms with E-state index in [2.05, 4.69) is 5.16 Å². The van der Waals surface area contributed by atoms with Gasteiger partial charge in [0.2, 0.25) is 0 Å². The molecule has 0 saturated carbocycles. The highest BCUT2D eigenvalue weighted by atomic mass is 35.5. The maximum atomic E-state index is 13.1. The molecule has 2 aromatic heterocycles. The Morgan fingerprint density at radius 1 is 1.10 bits per heavy atom. The van der Waals surface area contributed by atoms with Crippen LogP contribution in [0.5, 0.6) is 0 Å². The number of anilines is 1. The number of aromatic nitrogens is 1. The molecule has 2 aromatic carbocycles. The fraction of sp³-hybridized carbons (Fsp3) is 0.231. The van der Waals surface area contributed by atoms with E-state index in [0.29, 0.717) is 51.2 Å². The van der Waals surface area contributed by atoms with Gasteiger partial charge in [0, 0.05) is 29.4 Å². The number of hydrogen-bond donors (Lipinski definition) is 0. The smallest absolute Gasteiger partial charge is 0.519 e. The average molecular weight is 626 g/mol. The number of rotatable bonds is 7. The van der Waals surface area contributed by atoms with Crippen LogP contribution in [0.2, 0.25) is 10.0 Å². The molecule has 1 unspecified atom stereocenters. The number of carbonyl (C=O) groups excluding carboxylic acids is 2. The first kappa shape index (κ1) is 28.1. The Morgan fingerprint density at radius 3 is 2.52 bits per heavy atom. The van der Waals surface area contributed by atoms with Crippen LogP contribution in [-0.2, 0) is 11.3 Å². The van der Waals surface area contributed by atoms with Crippen LogP contribution in [0, 0.1) is 0 Å². The number of hydrogen-bond acceptors (Lipinski definition) is 8. The van der Waals surface area contributed by atoms with Crippen molar-refractivity contribution < 1.29 is 28.1 Å². The van der Waals surface area contributed by atoms with Gasteiger partial charge in [-0.15, -0.1) is 0 Å². The molecular weight excluding hydrogens is 608 g/mol. The fourth-order valence-corrected chi connectivity index (χ4v) is 5.42. The maximum absolute atomic E-state index is 13.1. The number of carboxylic acid groups (broad SMARTS) is 1. The summed E-state index contributed by atoms with van der Waals surface area (Å²) in [7, 11) is 0. The van der Waals surface area contributed by atoms with Crippen molar-refractivity contribution in [3.63, 3.8) is 0 Å². The van der Waals surface area contributed by atoms with E-state index in [1.165, 1.54) is 4.90 Å². The van der Waals surface area contributed by atoms with Crippen LogP contribution in [0.4, 0.5) is 10.5 Å². The lowest BCUT2D eigenvalue weighted by Crippen LogP contribution is -2.41. The van der Waals surface area contributed by atoms with Crippen molar-refractivity contribution >= 4 is 64.1 Å². The molecule has 40 heavy (non-hydrogen) atoms. The molecule has 0 radical (unpaired) electrons. The van der Waals surface area contributed by atoms with Crippen molar-refractivity contribution in [3.05, 3.63) is 80.7 Å². The predicted molar refractivity (Wildman–Crippen MR) is 145 cm³/mol. The van der Waals surface area contributed by atoms with Gasteiger partial charge in [-0.3, -0.25) is 4.79 Å². The SMILES string of the molecule is O=C(C(Cl)Cl)N(Cc1oc(=O)oc1C1CCCN1C(=O)[O-])c1cccc(-c2cc(-c3c(Cl)cccc3Cl)no2)c1. The average Bonchev–Trinajstić information content (AvgIpc) is 3.67. The molecule has 0 bridgehead atoms. The minimum absolute atomic E-state index is 0.0159. The van der Waals surface area contributed by atoms with Gasteiger partial charge in [-0.25, -0.2) is 4.79 Å². The fourth-order valence-electron chi connectivity index (χ4n) is 4.60. The number of halogens is 4. The normalized spacial score (nSPS) is 15.1. The standard InChI is InChI=1S/C26H19Cl4N3O7/c27-15-6-2-7-16(28)21(15)17-11-19(40-31-17)13-4-1-5-14(10-13)33(24(34)23(29)30)12-20-22(39-26(37)38-20)18-8-3-9-32(18)25(35)36/h1-2,4-7,10-11,18,23H,3,8-9,12H2,(H,35,36)/p-1. The van der Waals surface area contributed by atoms with E-state index in [-0.39, 0.29) is 24.6 Å². The van der Waals surface area contributed by atoms with Gasteiger partial charge in [0.1, 0.15) is 11.8 Å². The molecule has 208 valence electrons. The van der Waals surface area contributed by atoms with Crippen molar-refractivity contribution in [2.75, 3.05) is 11.4 Å². The molecule has 1 aliphatic rings. The monoisotopic (exact) mass is 624 g/mol. The van der Waals surface area contributed by atoms with Gasteiger partial charge < -0.3 is 33.1 Å². The first-order valence-electron chi connectivity index (χ1n) is 11.9. The van der Waals surface area contributed by atoms with Crippen molar-refractivity contribution in [2.24, 2.45) is 0 Å². The lowest BCUT2D eigenvalue weighted by atomic mass is 10.1. The molecule has 14 heteroatoms. The summed E-state index contributed by atoms with van der Waals surface area (Å²) in [6.45, 7) is -0.121. The second kappa shape index (κ2) is 11.6. The highest BCUT2D eigenvalue weighted by molar-refractivity contribution is 6.54. The summed E-state index contributed by atoms with van der Waals surface area (Å²) in [5, 5.41) is 16.5. The molecule has 0 spiro atoms. The van der Waals surface area contributed by atoms with Crippen LogP contribution in [0.3, 0.4) is 0 Å². The van der Waals surface area contributed by atoms with Crippen molar-refractivity contribution in [1.82, 2.24) is 10.1 Å². The molecule has 5 rings (SSSR count). The zero-order valence-electron chi connectivity index (χ0n) is 20.3. The molecule has 0 aliphatic carbocycles. The van der Waals surface area contributed by atoms with Gasteiger partial charge in [-0.1, -0.05) is 69.8 Å². The summed E-state index contributed by atoms with van der Waals surface area (Å²) in [5.74, 6) is -1.49. The topological polar surface area (TPSA) is 133 Å². The Bertz CT molecular complexity index is 1610. The van der Waals surface area contributed by atoms with E-state index in [1.54, 1.807) is 48.5 Å². The summed E-state index contributed by atoms with van der Waals surface area (Å²) in [4.78, 5) is 37.5. The van der Waals surface area contributed by atoms with Crippen LogP contribution < -0.4 is 15.8 Å². The number of carbonyl (C=O) groups is 2. The van der Waals surface area contributed by atoms with E-state index in [0.717, 1.165) is 4.90 Å². The van der Waals surface area contributed by atoms with E-state index in [9.17, 15) is 19.5 Å². The Balaban J connectivity index is 1.50. The van der Waals surface area contributed by atoms with Crippen LogP contribution in [0.15, 0.2) is 66.7 Å². The molecule has 2 amide bonds. The second-order valence-electron chi connectivity index (χ2n) is 8.81. The second-order valence-corrected chi connectivity index (χ2v) is 10.7. The van der Waals surface area contributed by atoms with E-state index < -0.39 is 28.7 Å². The molecule has 0 N–H and O–H groups in total. The summed E-state index contributed by atoms with van der Waals surface area (Å²) in [6.07, 6.45) is -0.505. The first-order chi connectivity index (χ1) is 19.1. The number of benzene rings is 2. The van der Waals surface area contributed by atoms with Crippen LogP contribution in [0.25, 0.3) is 22.6 Å². The largest absolute Gasteiger partial charge is 0.530 e. The minimum Gasteiger partial charge on any atom is -0.530 e. The van der Waals surface area contributed by atoms with Crippen molar-refractivity contribution in [2.45, 2.75) is 30.3 Å². The van der Waals surface area contributed by atoms with Gasteiger partial charge in [0.15, 0.2) is 22.1 Å². The van der Waals surface area contributed by atoms with Gasteiger partial charge in [0.25, 0.3) is 5.91 Å². The molecule has 1 fully saturated rings. The maximum Gasteiger partial charge on any atom is 0.519 e. The van der Waals surface area contributed by atoms with Crippen LogP contribution in [0.1, 0.15) is 30.4 Å². The third kappa shape index (κ3) is 5.57. The molecule has 10 nitrogen and oxygen atoms in total. The van der Waals surface area contributed by atoms with Gasteiger partial charge in [0.05, 0.1) is 22.6 Å². The summed E-state index contributed by atoms with van der Waals surface area (Å²) in [5.41, 5.74) is 1.76. The molecule has 3 heterocycles. The first-order valence-corrected chi connectivity index (χ1v) is 13.5. The Kier molecular flexibility index (Phi) is 8.14. The Hall–Kier alpha value is -3.44. The van der Waals surface area contributed by atoms with Gasteiger partial charge in [-0.05, 0) is 37.1 Å². The zero-order chi connectivity index (χ0) is 28.6. The molecule has 1 saturated heterocycles. The van der Waals surface area contributed by atoms with Crippen molar-refractivity contribution in [3.8, 4) is 22.6 Å². The summed E-state index contributed by atoms with van der Waals surface area (Å²) < 4.78 is 16.0. The third-order valence-corrected chi connectivity index (χ3v) is 7.39. The summed E-state index contributed by atoms with van der Waals surface area (Å²) in [6, 6.07) is 12.5. The molecular formula is C26H18Cl4N3O7-. The lowest BCUT2D eigenvalue weighted by molar-refractivity contribution is -0.267. The molecule has 1 atom stereocenters. The molecule has 4 aromatic rings. The Morgan fingerprint density at radius 2 is 1.82 bits per heavy atom. The highest BCUT2D eigenvalue weighted by Crippen LogP contribution is 2.37. The predicted octanol–water partition coefficient (Wildman–Crippen LogP) is 5.68. The highest BCUT2D eigenvalue weighted by Gasteiger charge is 2.34. The third-order valence-electron chi connectivity index (χ3n) is 6.39.